The number of likely N-dealkylation sites (N-methyl/N-ethyl adjacent to an activating group) is 1. The minimum Gasteiger partial charge on any atom is -0.389 e. The van der Waals surface area contributed by atoms with Crippen molar-refractivity contribution in [2.24, 2.45) is 0 Å². The molecule has 5 rings (SSSR count). The van der Waals surface area contributed by atoms with E-state index in [4.69, 9.17) is 0 Å². The number of aromatic nitrogens is 4. The Hall–Kier alpha value is -4.87. The zero-order valence-corrected chi connectivity index (χ0v) is 28.2. The van der Waals surface area contributed by atoms with Crippen molar-refractivity contribution in [3.05, 3.63) is 118 Å². The Morgan fingerprint density at radius 1 is 1.04 bits per heavy atom. The predicted molar refractivity (Wildman–Crippen MR) is 186 cm³/mol. The fraction of sp³-hybridized carbons (Fsp3) is 0.306. The number of hydrogen-bond acceptors (Lipinski definition) is 8. The molecule has 0 aliphatic carbocycles. The number of anilines is 1. The number of carbonyl (C=O) groups excluding carboxylic acids is 2. The molecule has 244 valence electrons. The number of nitrogens with zero attached hydrogens (tertiary/aromatic N) is 5. The second kappa shape index (κ2) is 15.1. The van der Waals surface area contributed by atoms with Gasteiger partial charge in [0.15, 0.2) is 0 Å². The summed E-state index contributed by atoms with van der Waals surface area (Å²) < 4.78 is 0. The predicted octanol–water partition coefficient (Wildman–Crippen LogP) is 5.47. The Morgan fingerprint density at radius 2 is 1.81 bits per heavy atom. The van der Waals surface area contributed by atoms with E-state index >= 15 is 0 Å². The molecule has 0 aliphatic heterocycles. The number of aliphatic hydroxyl groups excluding tert-OH is 1. The second-order valence-corrected chi connectivity index (χ2v) is 13.1. The van der Waals surface area contributed by atoms with Gasteiger partial charge < -0.3 is 25.2 Å². The van der Waals surface area contributed by atoms with Gasteiger partial charge in [0, 0.05) is 67.0 Å². The molecule has 0 saturated heterocycles. The SMILES string of the molecule is Cc1csc(CN(C)C(=O)c2cc(C(=O)N[C@@H](Cc3ccccc3)[C@H](O)CN(C)c3cncc(C(C)C)c3)cc(-c3ncc[nH]3)c2)n1. The van der Waals surface area contributed by atoms with Gasteiger partial charge in [-0.05, 0) is 54.7 Å². The molecule has 2 atom stereocenters. The number of amides is 2. The molecule has 3 heterocycles. The number of hydrogen-bond donors (Lipinski definition) is 3. The number of thiazole rings is 1. The molecule has 0 bridgehead atoms. The van der Waals surface area contributed by atoms with E-state index in [1.807, 2.05) is 60.8 Å². The summed E-state index contributed by atoms with van der Waals surface area (Å²) >= 11 is 1.50. The molecule has 10 nitrogen and oxygen atoms in total. The Labute approximate surface area is 279 Å². The van der Waals surface area contributed by atoms with Crippen LogP contribution in [-0.4, -0.2) is 74.5 Å². The molecule has 3 N–H and O–H groups in total. The summed E-state index contributed by atoms with van der Waals surface area (Å²) in [6.07, 6.45) is 6.42. The highest BCUT2D eigenvalue weighted by Gasteiger charge is 2.26. The third kappa shape index (κ3) is 8.69. The van der Waals surface area contributed by atoms with E-state index < -0.39 is 18.1 Å². The van der Waals surface area contributed by atoms with Crippen LogP contribution in [0.15, 0.2) is 84.8 Å². The van der Waals surface area contributed by atoms with Crippen LogP contribution in [0.3, 0.4) is 0 Å². The molecular formula is C36H41N7O3S. The quantitative estimate of drug-likeness (QED) is 0.154. The van der Waals surface area contributed by atoms with Gasteiger partial charge in [-0.25, -0.2) is 9.97 Å². The Kier molecular flexibility index (Phi) is 10.8. The second-order valence-electron chi connectivity index (χ2n) is 12.1. The third-order valence-corrected chi connectivity index (χ3v) is 8.94. The lowest BCUT2D eigenvalue weighted by atomic mass is 9.99. The van der Waals surface area contributed by atoms with E-state index in [0.717, 1.165) is 27.5 Å². The molecule has 47 heavy (non-hydrogen) atoms. The number of nitrogens with one attached hydrogen (secondary N) is 2. The molecule has 0 radical (unpaired) electrons. The van der Waals surface area contributed by atoms with Gasteiger partial charge in [0.1, 0.15) is 10.8 Å². The zero-order valence-electron chi connectivity index (χ0n) is 27.3. The van der Waals surface area contributed by atoms with Gasteiger partial charge in [-0.2, -0.15) is 0 Å². The van der Waals surface area contributed by atoms with Gasteiger partial charge >= 0.3 is 0 Å². The highest BCUT2D eigenvalue weighted by molar-refractivity contribution is 7.09. The van der Waals surface area contributed by atoms with Crippen LogP contribution in [0.2, 0.25) is 0 Å². The van der Waals surface area contributed by atoms with E-state index in [2.05, 4.69) is 45.2 Å². The minimum atomic E-state index is -0.922. The summed E-state index contributed by atoms with van der Waals surface area (Å²) in [6, 6.07) is 16.2. The summed E-state index contributed by atoms with van der Waals surface area (Å²) in [7, 11) is 3.62. The van der Waals surface area contributed by atoms with E-state index in [9.17, 15) is 14.7 Å². The number of rotatable bonds is 13. The van der Waals surface area contributed by atoms with Gasteiger partial charge in [-0.3, -0.25) is 14.6 Å². The summed E-state index contributed by atoms with van der Waals surface area (Å²) in [6.45, 7) is 6.75. The first-order chi connectivity index (χ1) is 22.6. The van der Waals surface area contributed by atoms with Gasteiger partial charge in [0.2, 0.25) is 0 Å². The molecule has 0 spiro atoms. The monoisotopic (exact) mass is 651 g/mol. The number of benzene rings is 2. The molecule has 5 aromatic rings. The summed E-state index contributed by atoms with van der Waals surface area (Å²) in [5.41, 5.74) is 5.09. The number of aliphatic hydroxyl groups is 1. The Morgan fingerprint density at radius 3 is 2.49 bits per heavy atom. The van der Waals surface area contributed by atoms with Crippen LogP contribution in [0, 0.1) is 6.92 Å². The van der Waals surface area contributed by atoms with Crippen molar-refractivity contribution in [3.8, 4) is 11.4 Å². The third-order valence-electron chi connectivity index (χ3n) is 7.99. The topological polar surface area (TPSA) is 127 Å². The van der Waals surface area contributed by atoms with Crippen LogP contribution >= 0.6 is 11.3 Å². The maximum Gasteiger partial charge on any atom is 0.254 e. The molecule has 2 aromatic carbocycles. The first-order valence-corrected chi connectivity index (χ1v) is 16.5. The van der Waals surface area contributed by atoms with E-state index in [1.54, 1.807) is 48.7 Å². The highest BCUT2D eigenvalue weighted by atomic mass is 32.1. The molecular weight excluding hydrogens is 611 g/mol. The van der Waals surface area contributed by atoms with Crippen molar-refractivity contribution in [2.75, 3.05) is 25.5 Å². The highest BCUT2D eigenvalue weighted by Crippen LogP contribution is 2.23. The van der Waals surface area contributed by atoms with Gasteiger partial charge in [0.25, 0.3) is 11.8 Å². The van der Waals surface area contributed by atoms with Crippen LogP contribution in [0.25, 0.3) is 11.4 Å². The number of imidazole rings is 1. The fourth-order valence-corrected chi connectivity index (χ4v) is 6.12. The van der Waals surface area contributed by atoms with Crippen molar-refractivity contribution in [1.29, 1.82) is 0 Å². The summed E-state index contributed by atoms with van der Waals surface area (Å²) in [4.78, 5) is 47.4. The van der Waals surface area contributed by atoms with Gasteiger partial charge in [0.05, 0.1) is 30.6 Å². The van der Waals surface area contributed by atoms with E-state index in [0.29, 0.717) is 35.8 Å². The zero-order chi connectivity index (χ0) is 33.5. The van der Waals surface area contributed by atoms with E-state index in [-0.39, 0.29) is 18.0 Å². The molecule has 0 unspecified atom stereocenters. The van der Waals surface area contributed by atoms with Crippen LogP contribution in [0.1, 0.15) is 62.3 Å². The average Bonchev–Trinajstić information content (AvgIpc) is 3.76. The normalized spacial score (nSPS) is 12.5. The summed E-state index contributed by atoms with van der Waals surface area (Å²) in [5, 5.41) is 17.4. The molecule has 2 amide bonds. The number of pyridine rings is 1. The maximum atomic E-state index is 14.0. The van der Waals surface area contributed by atoms with Crippen molar-refractivity contribution in [3.63, 3.8) is 0 Å². The number of aromatic amines is 1. The first-order valence-electron chi connectivity index (χ1n) is 15.6. The molecule has 0 saturated carbocycles. The lowest BCUT2D eigenvalue weighted by molar-refractivity contribution is 0.0785. The standard InChI is InChI=1S/C36H41N7O3S/c1-23(2)29-17-30(19-37-18-29)42(4)20-32(44)31(13-25-9-7-6-8-10-25)41-35(45)27-14-26(34-38-11-12-39-34)15-28(16-27)36(46)43(5)21-33-40-24(3)22-47-33/h6-12,14-19,22-23,31-32,44H,13,20-21H2,1-5H3,(H,38,39)(H,41,45)/t31-,32+/m0/s1. The molecule has 3 aromatic heterocycles. The first kappa shape index (κ1) is 33.5. The van der Waals surface area contributed by atoms with Crippen molar-refractivity contribution in [1.82, 2.24) is 30.2 Å². The average molecular weight is 652 g/mol. The van der Waals surface area contributed by atoms with Crippen LogP contribution in [-0.2, 0) is 13.0 Å². The van der Waals surface area contributed by atoms with Crippen LogP contribution < -0.4 is 10.2 Å². The Balaban J connectivity index is 1.41. The van der Waals surface area contributed by atoms with Crippen molar-refractivity contribution >= 4 is 28.8 Å². The molecule has 0 aliphatic rings. The number of aryl methyl sites for hydroxylation is 1. The van der Waals surface area contributed by atoms with Gasteiger partial charge in [-0.1, -0.05) is 44.2 Å². The minimum absolute atomic E-state index is 0.250. The lowest BCUT2D eigenvalue weighted by Gasteiger charge is -2.29. The molecule has 0 fully saturated rings. The largest absolute Gasteiger partial charge is 0.389 e. The molecule has 11 heteroatoms. The summed E-state index contributed by atoms with van der Waals surface area (Å²) in [5.74, 6) is 0.194. The lowest BCUT2D eigenvalue weighted by Crippen LogP contribution is -2.49. The van der Waals surface area contributed by atoms with Crippen molar-refractivity contribution in [2.45, 2.75) is 51.8 Å². The smallest absolute Gasteiger partial charge is 0.254 e. The number of H-pyrrole nitrogens is 1. The van der Waals surface area contributed by atoms with Crippen LogP contribution in [0.4, 0.5) is 5.69 Å². The number of carbonyl (C=O) groups is 2. The van der Waals surface area contributed by atoms with E-state index in [1.165, 1.54) is 11.3 Å². The van der Waals surface area contributed by atoms with Crippen LogP contribution in [0.5, 0.6) is 0 Å². The maximum absolute atomic E-state index is 14.0. The Bertz CT molecular complexity index is 1790. The fourth-order valence-electron chi connectivity index (χ4n) is 5.30. The van der Waals surface area contributed by atoms with Gasteiger partial charge in [-0.15, -0.1) is 11.3 Å². The van der Waals surface area contributed by atoms with Crippen molar-refractivity contribution < 1.29 is 14.7 Å².